The highest BCUT2D eigenvalue weighted by atomic mass is 16.5. The highest BCUT2D eigenvalue weighted by molar-refractivity contribution is 6.09. The van der Waals surface area contributed by atoms with Crippen LogP contribution in [-0.4, -0.2) is 14.1 Å². The lowest BCUT2D eigenvalue weighted by Gasteiger charge is -2.42. The maximum absolute atomic E-state index is 7.02. The Kier molecular flexibility index (Phi) is 13.4. The van der Waals surface area contributed by atoms with Gasteiger partial charge in [0.05, 0.1) is 50.5 Å². The van der Waals surface area contributed by atoms with Gasteiger partial charge in [0.25, 0.3) is 6.33 Å². The van der Waals surface area contributed by atoms with E-state index in [1.165, 1.54) is 22.5 Å². The molecule has 17 rings (SSSR count). The van der Waals surface area contributed by atoms with Crippen LogP contribution in [0.1, 0.15) is 25.0 Å². The summed E-state index contributed by atoms with van der Waals surface area (Å²) in [6.07, 6.45) is 5.93. The number of fused-ring (bicyclic) bond motifs is 6. The van der Waals surface area contributed by atoms with E-state index in [9.17, 15) is 0 Å². The second kappa shape index (κ2) is 22.7. The van der Waals surface area contributed by atoms with Crippen molar-refractivity contribution in [1.82, 2.24) is 14.1 Å². The van der Waals surface area contributed by atoms with E-state index in [2.05, 4.69) is 360 Å². The van der Waals surface area contributed by atoms with Crippen LogP contribution in [0.25, 0.3) is 117 Å². The molecule has 0 spiro atoms. The SMILES string of the molecule is CC1(C)c2ccccc2N(c2ccnc(-n3c4ccccc4c4ccc(Oc5cccc(-n6[c-][n+](-c7c(-c8cc(-c9ccccc9)cc(-c9ccccc9)c8)cccc7-c7cc(-c8ccccc8)cc(-c8ccccc8)c7)c7ccccc76)c5)cc43)c2)c2ccccc21. The lowest BCUT2D eigenvalue weighted by molar-refractivity contribution is -0.571. The number of benzene rings is 13. The molecule has 0 atom stereocenters. The van der Waals surface area contributed by atoms with Crippen LogP contribution in [0.3, 0.4) is 0 Å². The van der Waals surface area contributed by atoms with Crippen molar-refractivity contribution in [2.45, 2.75) is 19.3 Å². The van der Waals surface area contributed by atoms with Crippen LogP contribution in [0.4, 0.5) is 17.1 Å². The number of hydrogen-bond donors (Lipinski definition) is 0. The molecule has 0 amide bonds. The molecule has 3 aromatic heterocycles. The third kappa shape index (κ3) is 9.75. The third-order valence-corrected chi connectivity index (χ3v) is 18.5. The zero-order valence-electron chi connectivity index (χ0n) is 51.4. The van der Waals surface area contributed by atoms with Crippen molar-refractivity contribution >= 4 is 49.9 Å². The zero-order chi connectivity index (χ0) is 62.0. The van der Waals surface area contributed by atoms with Crippen molar-refractivity contribution in [2.75, 3.05) is 4.90 Å². The molecule has 0 aliphatic carbocycles. The fraction of sp³-hybridized carbons (Fsp3) is 0.0345. The largest absolute Gasteiger partial charge is 0.458 e. The maximum atomic E-state index is 7.02. The molecule has 0 unspecified atom stereocenters. The Labute approximate surface area is 541 Å². The summed E-state index contributed by atoms with van der Waals surface area (Å²) >= 11 is 0. The molecule has 440 valence electrons. The van der Waals surface area contributed by atoms with Crippen LogP contribution in [0.2, 0.25) is 0 Å². The summed E-state index contributed by atoms with van der Waals surface area (Å²) in [5.41, 5.74) is 25.1. The van der Waals surface area contributed by atoms with Gasteiger partial charge in [-0.15, -0.1) is 0 Å². The molecule has 0 fully saturated rings. The van der Waals surface area contributed by atoms with Gasteiger partial charge in [-0.1, -0.05) is 238 Å². The molecular formula is C87H61N5O. The van der Waals surface area contributed by atoms with Gasteiger partial charge in [-0.25, -0.2) is 4.98 Å². The number of ether oxygens (including phenoxy) is 1. The van der Waals surface area contributed by atoms with E-state index in [4.69, 9.17) is 9.72 Å². The second-order valence-corrected chi connectivity index (χ2v) is 24.5. The standard InChI is InChI=1S/C87H61N5O/c1-87(2)77-38-16-19-41-80(77)91(81-42-20-17-39-78(81)87)70-47-48-88-85(56-70)92-79-40-18-15-35-75(79)76-46-45-72(57-84(76)92)93-71-34-23-33-69(55-71)89-58-90(83-44-22-21-43-82(83)89)86-73(67-51-63(59-25-7-3-8-26-59)49-64(52-67)60-27-9-4-10-28-60)36-24-37-74(86)68-53-65(61-29-11-5-12-30-61)50-66(54-68)62-31-13-6-14-32-62/h3-57H,1-2H3. The topological polar surface area (TPSA) is 39.1 Å². The number of aromatic nitrogens is 4. The number of rotatable bonds is 12. The minimum atomic E-state index is -0.176. The fourth-order valence-corrected chi connectivity index (χ4v) is 14.1. The molecule has 0 radical (unpaired) electrons. The number of pyridine rings is 1. The first-order chi connectivity index (χ1) is 45.9. The van der Waals surface area contributed by atoms with E-state index in [1.807, 2.05) is 12.3 Å². The molecule has 1 aliphatic heterocycles. The Hall–Kier alpha value is -12.1. The lowest BCUT2D eigenvalue weighted by atomic mass is 9.73. The van der Waals surface area contributed by atoms with Gasteiger partial charge in [-0.05, 0) is 169 Å². The Morgan fingerprint density at radius 3 is 1.41 bits per heavy atom. The van der Waals surface area contributed by atoms with Crippen molar-refractivity contribution < 1.29 is 9.30 Å². The molecule has 4 heterocycles. The van der Waals surface area contributed by atoms with E-state index in [1.54, 1.807) is 0 Å². The lowest BCUT2D eigenvalue weighted by Crippen LogP contribution is -2.31. The molecule has 6 heteroatoms. The fourth-order valence-electron chi connectivity index (χ4n) is 14.1. The van der Waals surface area contributed by atoms with Gasteiger partial charge >= 0.3 is 0 Å². The summed E-state index contributed by atoms with van der Waals surface area (Å²) in [5.74, 6) is 2.21. The van der Waals surface area contributed by atoms with Crippen LogP contribution >= 0.6 is 0 Å². The molecule has 0 N–H and O–H groups in total. The van der Waals surface area contributed by atoms with Gasteiger partial charge in [0.15, 0.2) is 0 Å². The summed E-state index contributed by atoms with van der Waals surface area (Å²) in [5, 5.41) is 2.25. The predicted octanol–water partition coefficient (Wildman–Crippen LogP) is 22.1. The van der Waals surface area contributed by atoms with E-state index in [0.717, 1.165) is 122 Å². The van der Waals surface area contributed by atoms with Crippen molar-refractivity contribution in [3.63, 3.8) is 0 Å². The highest BCUT2D eigenvalue weighted by Crippen LogP contribution is 2.52. The Morgan fingerprint density at radius 1 is 0.355 bits per heavy atom. The molecule has 0 bridgehead atoms. The molecule has 13 aromatic carbocycles. The van der Waals surface area contributed by atoms with Gasteiger partial charge in [0.2, 0.25) is 0 Å². The van der Waals surface area contributed by atoms with E-state index in [-0.39, 0.29) is 5.41 Å². The van der Waals surface area contributed by atoms with Gasteiger partial charge in [0, 0.05) is 34.5 Å². The first kappa shape index (κ1) is 55.0. The summed E-state index contributed by atoms with van der Waals surface area (Å²) in [7, 11) is 0. The quantitative estimate of drug-likeness (QED) is 0.0904. The maximum Gasteiger partial charge on any atom is 0.269 e. The molecular weight excluding hydrogens is 1130 g/mol. The van der Waals surface area contributed by atoms with E-state index in [0.29, 0.717) is 11.5 Å². The second-order valence-electron chi connectivity index (χ2n) is 24.5. The zero-order valence-corrected chi connectivity index (χ0v) is 51.4. The first-order valence-electron chi connectivity index (χ1n) is 31.7. The minimum Gasteiger partial charge on any atom is -0.458 e. The van der Waals surface area contributed by atoms with Crippen LogP contribution in [0, 0.1) is 6.33 Å². The van der Waals surface area contributed by atoms with Crippen molar-refractivity contribution in [2.24, 2.45) is 0 Å². The Bertz CT molecular complexity index is 5210. The molecule has 16 aromatic rings. The van der Waals surface area contributed by atoms with Crippen molar-refractivity contribution in [3.8, 4) is 95.5 Å². The van der Waals surface area contributed by atoms with Gasteiger partial charge < -0.3 is 9.64 Å². The first-order valence-corrected chi connectivity index (χ1v) is 31.7. The van der Waals surface area contributed by atoms with Crippen LogP contribution < -0.4 is 14.2 Å². The van der Waals surface area contributed by atoms with E-state index >= 15 is 0 Å². The summed E-state index contributed by atoms with van der Waals surface area (Å²) in [4.78, 5) is 7.51. The van der Waals surface area contributed by atoms with Crippen molar-refractivity contribution in [3.05, 3.63) is 351 Å². The van der Waals surface area contributed by atoms with Gasteiger partial charge in [0.1, 0.15) is 17.3 Å². The summed E-state index contributed by atoms with van der Waals surface area (Å²) in [6.45, 7) is 4.65. The van der Waals surface area contributed by atoms with Crippen molar-refractivity contribution in [1.29, 1.82) is 0 Å². The average molecular weight is 1190 g/mol. The third-order valence-electron chi connectivity index (χ3n) is 18.5. The van der Waals surface area contributed by atoms with Crippen LogP contribution in [0.15, 0.2) is 334 Å². The van der Waals surface area contributed by atoms with Crippen LogP contribution in [-0.2, 0) is 5.41 Å². The molecule has 0 saturated heterocycles. The number of anilines is 3. The Morgan fingerprint density at radius 2 is 0.828 bits per heavy atom. The normalized spacial score (nSPS) is 12.5. The predicted molar refractivity (Wildman–Crippen MR) is 382 cm³/mol. The smallest absolute Gasteiger partial charge is 0.269 e. The number of imidazole rings is 1. The molecule has 1 aliphatic rings. The monoisotopic (exact) mass is 1190 g/mol. The highest BCUT2D eigenvalue weighted by Gasteiger charge is 2.37. The average Bonchev–Trinajstić information content (AvgIpc) is 1.58. The molecule has 93 heavy (non-hydrogen) atoms. The molecule has 6 nitrogen and oxygen atoms in total. The number of nitrogens with zero attached hydrogens (tertiary/aromatic N) is 5. The number of para-hydroxylation sites is 6. The van der Waals surface area contributed by atoms with Crippen LogP contribution in [0.5, 0.6) is 11.5 Å². The Balaban J connectivity index is 0.806. The summed E-state index contributed by atoms with van der Waals surface area (Å²) < 4.78 is 13.8. The number of hydrogen-bond acceptors (Lipinski definition) is 3. The summed E-state index contributed by atoms with van der Waals surface area (Å²) in [6, 6.07) is 117. The van der Waals surface area contributed by atoms with E-state index < -0.39 is 0 Å². The minimum absolute atomic E-state index is 0.176. The van der Waals surface area contributed by atoms with Gasteiger partial charge in [-0.3, -0.25) is 13.7 Å². The van der Waals surface area contributed by atoms with Gasteiger partial charge in [-0.2, -0.15) is 0 Å². The molecule has 0 saturated carbocycles.